The van der Waals surface area contributed by atoms with Crippen LogP contribution in [0.3, 0.4) is 0 Å². The average molecular weight is 162 g/mol. The normalized spacial score (nSPS) is 21.4. The van der Waals surface area contributed by atoms with Gasteiger partial charge in [0, 0.05) is 6.42 Å². The van der Waals surface area contributed by atoms with Crippen molar-refractivity contribution in [3.63, 3.8) is 0 Å². The number of nitrogens with one attached hydrogen (secondary N) is 1. The Bertz CT molecular complexity index is 322. The summed E-state index contributed by atoms with van der Waals surface area (Å²) in [7, 11) is 0. The van der Waals surface area contributed by atoms with E-state index in [0.29, 0.717) is 6.42 Å². The predicted molar refractivity (Wildman–Crippen MR) is 46.5 cm³/mol. The summed E-state index contributed by atoms with van der Waals surface area (Å²) in [5.74, 6) is 0.929. The summed E-state index contributed by atoms with van der Waals surface area (Å²) >= 11 is 0. The Morgan fingerprint density at radius 1 is 1.42 bits per heavy atom. The molecule has 3 heteroatoms. The van der Waals surface area contributed by atoms with Gasteiger partial charge in [-0.3, -0.25) is 5.41 Å². The van der Waals surface area contributed by atoms with Crippen molar-refractivity contribution in [2.24, 2.45) is 5.73 Å². The molecule has 3 N–H and O–H groups in total. The molecule has 0 radical (unpaired) electrons. The summed E-state index contributed by atoms with van der Waals surface area (Å²) in [4.78, 5) is 0. The molecule has 1 heterocycles. The Hall–Kier alpha value is -1.35. The van der Waals surface area contributed by atoms with Gasteiger partial charge in [-0.25, -0.2) is 0 Å². The van der Waals surface area contributed by atoms with Gasteiger partial charge < -0.3 is 10.5 Å². The molecular formula is C9H10N2O. The predicted octanol–water partition coefficient (Wildman–Crippen LogP) is 0.926. The van der Waals surface area contributed by atoms with E-state index >= 15 is 0 Å². The highest BCUT2D eigenvalue weighted by Crippen LogP contribution is 2.23. The van der Waals surface area contributed by atoms with E-state index in [2.05, 4.69) is 0 Å². The first-order chi connectivity index (χ1) is 5.77. The zero-order chi connectivity index (χ0) is 8.55. The quantitative estimate of drug-likeness (QED) is 0.596. The summed E-state index contributed by atoms with van der Waals surface area (Å²) in [6.07, 6.45) is 0.703. The maximum atomic E-state index is 7.38. The fraction of sp³-hybridized carbons (Fsp3) is 0.222. The summed E-state index contributed by atoms with van der Waals surface area (Å²) in [6.45, 7) is 0. The number of fused-ring (bicyclic) bond motifs is 1. The van der Waals surface area contributed by atoms with Crippen molar-refractivity contribution in [2.45, 2.75) is 12.5 Å². The van der Waals surface area contributed by atoms with Crippen LogP contribution in [-0.2, 0) is 6.42 Å². The van der Waals surface area contributed by atoms with Gasteiger partial charge in [-0.1, -0.05) is 18.2 Å². The third kappa shape index (κ3) is 1.08. The van der Waals surface area contributed by atoms with Crippen LogP contribution in [0.1, 0.15) is 5.56 Å². The number of ether oxygens (including phenoxy) is 1. The number of hydrogen-bond acceptors (Lipinski definition) is 3. The van der Waals surface area contributed by atoms with Crippen molar-refractivity contribution in [3.05, 3.63) is 29.8 Å². The highest BCUT2D eigenvalue weighted by Gasteiger charge is 2.20. The molecule has 0 aliphatic carbocycles. The van der Waals surface area contributed by atoms with Crippen LogP contribution in [0, 0.1) is 5.41 Å². The number of benzene rings is 1. The Balaban J connectivity index is 2.40. The molecule has 0 bridgehead atoms. The van der Waals surface area contributed by atoms with Crippen LogP contribution < -0.4 is 10.5 Å². The van der Waals surface area contributed by atoms with E-state index in [0.717, 1.165) is 11.3 Å². The lowest BCUT2D eigenvalue weighted by Crippen LogP contribution is -2.38. The Morgan fingerprint density at radius 3 is 3.00 bits per heavy atom. The molecule has 0 fully saturated rings. The van der Waals surface area contributed by atoms with E-state index in [1.54, 1.807) is 0 Å². The first kappa shape index (κ1) is 7.31. The second-order valence-corrected chi connectivity index (χ2v) is 2.88. The molecule has 1 aromatic carbocycles. The van der Waals surface area contributed by atoms with Crippen LogP contribution >= 0.6 is 0 Å². The van der Waals surface area contributed by atoms with E-state index in [-0.39, 0.29) is 11.9 Å². The topological polar surface area (TPSA) is 59.1 Å². The first-order valence-electron chi connectivity index (χ1n) is 3.87. The maximum Gasteiger partial charge on any atom is 0.204 e. The Kier molecular flexibility index (Phi) is 1.59. The molecule has 0 spiro atoms. The highest BCUT2D eigenvalue weighted by molar-refractivity contribution is 5.83. The number of nitrogens with two attached hydrogens (primary N) is 1. The van der Waals surface area contributed by atoms with Crippen LogP contribution in [-0.4, -0.2) is 11.9 Å². The first-order valence-corrected chi connectivity index (χ1v) is 3.87. The van der Waals surface area contributed by atoms with Gasteiger partial charge >= 0.3 is 0 Å². The minimum atomic E-state index is -0.278. The van der Waals surface area contributed by atoms with Crippen LogP contribution in [0.4, 0.5) is 0 Å². The lowest BCUT2D eigenvalue weighted by molar-refractivity contribution is 0.476. The monoisotopic (exact) mass is 162 g/mol. The van der Waals surface area contributed by atoms with Crippen LogP contribution in [0.5, 0.6) is 5.75 Å². The molecule has 12 heavy (non-hydrogen) atoms. The minimum Gasteiger partial charge on any atom is -0.442 e. The third-order valence-electron chi connectivity index (χ3n) is 1.97. The molecular weight excluding hydrogens is 152 g/mol. The molecule has 1 aliphatic rings. The summed E-state index contributed by atoms with van der Waals surface area (Å²) < 4.78 is 5.20. The van der Waals surface area contributed by atoms with E-state index in [1.807, 2.05) is 24.3 Å². The van der Waals surface area contributed by atoms with Gasteiger partial charge in [-0.2, -0.15) is 0 Å². The Morgan fingerprint density at radius 2 is 2.17 bits per heavy atom. The standard InChI is InChI=1S/C9H10N2O/c10-7-5-6-3-1-2-4-8(6)12-9(7)11/h1-4,7,11H,5,10H2. The molecule has 62 valence electrons. The number of hydrogen-bond donors (Lipinski definition) is 2. The van der Waals surface area contributed by atoms with Crippen molar-refractivity contribution < 1.29 is 4.74 Å². The van der Waals surface area contributed by atoms with Crippen molar-refractivity contribution in [3.8, 4) is 5.75 Å². The van der Waals surface area contributed by atoms with E-state index in [9.17, 15) is 0 Å². The highest BCUT2D eigenvalue weighted by atomic mass is 16.5. The number of para-hydroxylation sites is 1. The second kappa shape index (κ2) is 2.60. The maximum absolute atomic E-state index is 7.38. The van der Waals surface area contributed by atoms with E-state index < -0.39 is 0 Å². The molecule has 1 atom stereocenters. The van der Waals surface area contributed by atoms with E-state index in [4.69, 9.17) is 15.9 Å². The van der Waals surface area contributed by atoms with Gasteiger partial charge in [-0.05, 0) is 11.6 Å². The molecule has 0 aromatic heterocycles. The Labute approximate surface area is 70.7 Å². The lowest BCUT2D eigenvalue weighted by atomic mass is 10.0. The van der Waals surface area contributed by atoms with Gasteiger partial charge in [0.25, 0.3) is 0 Å². The van der Waals surface area contributed by atoms with Crippen molar-refractivity contribution >= 4 is 5.90 Å². The largest absolute Gasteiger partial charge is 0.442 e. The zero-order valence-electron chi connectivity index (χ0n) is 6.58. The molecule has 1 aromatic rings. The van der Waals surface area contributed by atoms with E-state index in [1.165, 1.54) is 0 Å². The lowest BCUT2D eigenvalue weighted by Gasteiger charge is -2.22. The van der Waals surface area contributed by atoms with Crippen LogP contribution in [0.2, 0.25) is 0 Å². The van der Waals surface area contributed by atoms with Gasteiger partial charge in [-0.15, -0.1) is 0 Å². The summed E-state index contributed by atoms with van der Waals surface area (Å²) in [5, 5.41) is 7.38. The van der Waals surface area contributed by atoms with Gasteiger partial charge in [0.05, 0.1) is 6.04 Å². The van der Waals surface area contributed by atoms with Gasteiger partial charge in [0.1, 0.15) is 5.75 Å². The summed E-state index contributed by atoms with van der Waals surface area (Å²) in [6, 6.07) is 7.39. The fourth-order valence-corrected chi connectivity index (χ4v) is 1.30. The number of rotatable bonds is 0. The zero-order valence-corrected chi connectivity index (χ0v) is 6.58. The third-order valence-corrected chi connectivity index (χ3v) is 1.97. The average Bonchev–Trinajstić information content (AvgIpc) is 2.07. The molecule has 1 unspecified atom stereocenters. The molecule has 2 rings (SSSR count). The van der Waals surface area contributed by atoms with Gasteiger partial charge in [0.15, 0.2) is 0 Å². The smallest absolute Gasteiger partial charge is 0.204 e. The van der Waals surface area contributed by atoms with Gasteiger partial charge in [0.2, 0.25) is 5.90 Å². The minimum absolute atomic E-state index is 0.161. The second-order valence-electron chi connectivity index (χ2n) is 2.88. The molecule has 0 amide bonds. The van der Waals surface area contributed by atoms with Crippen LogP contribution in [0.15, 0.2) is 24.3 Å². The molecule has 0 saturated carbocycles. The molecule has 3 nitrogen and oxygen atoms in total. The molecule has 0 saturated heterocycles. The van der Waals surface area contributed by atoms with Crippen molar-refractivity contribution in [1.29, 1.82) is 5.41 Å². The fourth-order valence-electron chi connectivity index (χ4n) is 1.30. The SMILES string of the molecule is N=C1Oc2ccccc2CC1N. The van der Waals surface area contributed by atoms with Crippen molar-refractivity contribution in [1.82, 2.24) is 0 Å². The summed E-state index contributed by atoms with van der Waals surface area (Å²) in [5.41, 5.74) is 6.73. The van der Waals surface area contributed by atoms with Crippen LogP contribution in [0.25, 0.3) is 0 Å². The van der Waals surface area contributed by atoms with Crippen molar-refractivity contribution in [2.75, 3.05) is 0 Å². The molecule has 1 aliphatic heterocycles.